The highest BCUT2D eigenvalue weighted by Crippen LogP contribution is 2.22. The van der Waals surface area contributed by atoms with Crippen molar-refractivity contribution in [2.24, 2.45) is 0 Å². The lowest BCUT2D eigenvalue weighted by molar-refractivity contribution is -0.146. The number of unbranched alkanes of at least 4 members (excludes halogenated alkanes) is 9. The van der Waals surface area contributed by atoms with Crippen LogP contribution >= 0.6 is 0 Å². The first-order valence-corrected chi connectivity index (χ1v) is 11.1. The standard InChI is InChI=1S/C23H44O4/c1-5-6-7-8-9-10-11-12-13-14-15-16-17-21(24-4)18-25-19-22-20-26-23(2,3)27-22/h15-16,21-22H,5-14,17-20H2,1-4H3/b16-15-/t21-,22?/m1/s1. The summed E-state index contributed by atoms with van der Waals surface area (Å²) in [5.41, 5.74) is 0. The van der Waals surface area contributed by atoms with Crippen LogP contribution in [0.2, 0.25) is 0 Å². The molecule has 0 aromatic carbocycles. The van der Waals surface area contributed by atoms with Gasteiger partial charge in [-0.25, -0.2) is 0 Å². The minimum absolute atomic E-state index is 0.0275. The van der Waals surface area contributed by atoms with Gasteiger partial charge in [0.1, 0.15) is 6.10 Å². The van der Waals surface area contributed by atoms with E-state index in [1.54, 1.807) is 7.11 Å². The molecule has 0 saturated carbocycles. The van der Waals surface area contributed by atoms with Crippen molar-refractivity contribution in [2.45, 2.75) is 109 Å². The molecule has 1 heterocycles. The van der Waals surface area contributed by atoms with E-state index in [4.69, 9.17) is 18.9 Å². The van der Waals surface area contributed by atoms with Crippen LogP contribution in [0, 0.1) is 0 Å². The first-order valence-electron chi connectivity index (χ1n) is 11.1. The highest BCUT2D eigenvalue weighted by molar-refractivity contribution is 4.84. The molecule has 1 fully saturated rings. The number of hydrogen-bond acceptors (Lipinski definition) is 4. The molecule has 0 radical (unpaired) electrons. The molecule has 1 saturated heterocycles. The monoisotopic (exact) mass is 384 g/mol. The molecule has 0 N–H and O–H groups in total. The van der Waals surface area contributed by atoms with Crippen molar-refractivity contribution in [1.29, 1.82) is 0 Å². The molecular weight excluding hydrogens is 340 g/mol. The third kappa shape index (κ3) is 13.4. The third-order valence-electron chi connectivity index (χ3n) is 5.05. The number of allylic oxidation sites excluding steroid dienone is 1. The Kier molecular flexibility index (Phi) is 14.1. The molecule has 2 atom stereocenters. The van der Waals surface area contributed by atoms with Gasteiger partial charge in [0.2, 0.25) is 0 Å². The molecule has 160 valence electrons. The van der Waals surface area contributed by atoms with Crippen molar-refractivity contribution in [3.8, 4) is 0 Å². The second-order valence-corrected chi connectivity index (χ2v) is 8.17. The van der Waals surface area contributed by atoms with Gasteiger partial charge in [0, 0.05) is 7.11 Å². The van der Waals surface area contributed by atoms with Crippen LogP contribution in [0.4, 0.5) is 0 Å². The van der Waals surface area contributed by atoms with E-state index in [9.17, 15) is 0 Å². The van der Waals surface area contributed by atoms with E-state index in [2.05, 4.69) is 19.1 Å². The van der Waals surface area contributed by atoms with Crippen molar-refractivity contribution < 1.29 is 18.9 Å². The fourth-order valence-electron chi connectivity index (χ4n) is 3.35. The van der Waals surface area contributed by atoms with Gasteiger partial charge in [-0.3, -0.25) is 0 Å². The number of methoxy groups -OCH3 is 1. The predicted octanol–water partition coefficient (Wildman–Crippen LogP) is 6.04. The summed E-state index contributed by atoms with van der Waals surface area (Å²) >= 11 is 0. The predicted molar refractivity (Wildman–Crippen MR) is 112 cm³/mol. The highest BCUT2D eigenvalue weighted by Gasteiger charge is 2.32. The van der Waals surface area contributed by atoms with Crippen LogP contribution < -0.4 is 0 Å². The Morgan fingerprint density at radius 3 is 2.26 bits per heavy atom. The molecule has 1 unspecified atom stereocenters. The minimum Gasteiger partial charge on any atom is -0.379 e. The van der Waals surface area contributed by atoms with E-state index in [0.29, 0.717) is 19.8 Å². The average Bonchev–Trinajstić information content (AvgIpc) is 2.99. The largest absolute Gasteiger partial charge is 0.379 e. The maximum Gasteiger partial charge on any atom is 0.163 e. The van der Waals surface area contributed by atoms with Gasteiger partial charge in [-0.05, 0) is 33.1 Å². The van der Waals surface area contributed by atoms with Crippen LogP contribution in [-0.2, 0) is 18.9 Å². The Bertz CT molecular complexity index is 367. The van der Waals surface area contributed by atoms with E-state index in [0.717, 1.165) is 6.42 Å². The Labute approximate surface area is 168 Å². The molecule has 0 spiro atoms. The zero-order valence-corrected chi connectivity index (χ0v) is 18.3. The molecule has 0 aromatic heterocycles. The van der Waals surface area contributed by atoms with Gasteiger partial charge in [0.15, 0.2) is 5.79 Å². The molecule has 4 nitrogen and oxygen atoms in total. The Morgan fingerprint density at radius 2 is 1.67 bits per heavy atom. The number of hydrogen-bond donors (Lipinski definition) is 0. The van der Waals surface area contributed by atoms with Gasteiger partial charge < -0.3 is 18.9 Å². The molecule has 0 aliphatic carbocycles. The van der Waals surface area contributed by atoms with E-state index >= 15 is 0 Å². The summed E-state index contributed by atoms with van der Waals surface area (Å²) in [6.07, 6.45) is 19.2. The summed E-state index contributed by atoms with van der Waals surface area (Å²) < 4.78 is 22.5. The summed E-state index contributed by atoms with van der Waals surface area (Å²) in [4.78, 5) is 0. The minimum atomic E-state index is -0.480. The van der Waals surface area contributed by atoms with E-state index in [1.807, 2.05) is 13.8 Å². The first kappa shape index (κ1) is 24.6. The van der Waals surface area contributed by atoms with Crippen molar-refractivity contribution in [2.75, 3.05) is 26.9 Å². The summed E-state index contributed by atoms with van der Waals surface area (Å²) in [6.45, 7) is 7.90. The second kappa shape index (κ2) is 15.5. The summed E-state index contributed by atoms with van der Waals surface area (Å²) in [7, 11) is 1.75. The molecule has 1 aliphatic heterocycles. The van der Waals surface area contributed by atoms with Crippen LogP contribution in [0.3, 0.4) is 0 Å². The fraction of sp³-hybridized carbons (Fsp3) is 0.913. The molecule has 1 rings (SSSR count). The lowest BCUT2D eigenvalue weighted by atomic mass is 10.1. The van der Waals surface area contributed by atoms with Crippen molar-refractivity contribution in [3.05, 3.63) is 12.2 Å². The van der Waals surface area contributed by atoms with E-state index < -0.39 is 5.79 Å². The van der Waals surface area contributed by atoms with E-state index in [1.165, 1.54) is 64.2 Å². The molecular formula is C23H44O4. The third-order valence-corrected chi connectivity index (χ3v) is 5.05. The normalized spacial score (nSPS) is 20.5. The zero-order chi connectivity index (χ0) is 19.8. The van der Waals surface area contributed by atoms with Crippen molar-refractivity contribution >= 4 is 0 Å². The topological polar surface area (TPSA) is 36.9 Å². The highest BCUT2D eigenvalue weighted by atomic mass is 16.7. The van der Waals surface area contributed by atoms with Crippen LogP contribution in [0.15, 0.2) is 12.2 Å². The van der Waals surface area contributed by atoms with Gasteiger partial charge in [-0.2, -0.15) is 0 Å². The van der Waals surface area contributed by atoms with E-state index in [-0.39, 0.29) is 12.2 Å². The quantitative estimate of drug-likeness (QED) is 0.226. The molecule has 0 aromatic rings. The smallest absolute Gasteiger partial charge is 0.163 e. The molecule has 0 amide bonds. The zero-order valence-electron chi connectivity index (χ0n) is 18.3. The molecule has 0 bridgehead atoms. The molecule has 27 heavy (non-hydrogen) atoms. The maximum atomic E-state index is 5.76. The number of rotatable bonds is 17. The summed E-state index contributed by atoms with van der Waals surface area (Å²) in [6, 6.07) is 0. The summed E-state index contributed by atoms with van der Waals surface area (Å²) in [5.74, 6) is -0.480. The summed E-state index contributed by atoms with van der Waals surface area (Å²) in [5, 5.41) is 0. The van der Waals surface area contributed by atoms with Gasteiger partial charge in [0.05, 0.1) is 25.9 Å². The first-order chi connectivity index (χ1) is 13.1. The average molecular weight is 385 g/mol. The second-order valence-electron chi connectivity index (χ2n) is 8.17. The Hall–Kier alpha value is -0.420. The molecule has 4 heteroatoms. The lowest BCUT2D eigenvalue weighted by Gasteiger charge is -2.18. The Morgan fingerprint density at radius 1 is 1.00 bits per heavy atom. The van der Waals surface area contributed by atoms with Crippen LogP contribution in [0.25, 0.3) is 0 Å². The lowest BCUT2D eigenvalue weighted by Crippen LogP contribution is -2.26. The van der Waals surface area contributed by atoms with Crippen molar-refractivity contribution in [1.82, 2.24) is 0 Å². The molecule has 1 aliphatic rings. The van der Waals surface area contributed by atoms with Gasteiger partial charge >= 0.3 is 0 Å². The maximum absolute atomic E-state index is 5.76. The number of ether oxygens (including phenoxy) is 4. The van der Waals surface area contributed by atoms with Crippen LogP contribution in [-0.4, -0.2) is 44.9 Å². The van der Waals surface area contributed by atoms with Gasteiger partial charge in [-0.1, -0.05) is 70.4 Å². The SMILES string of the molecule is CCCCCCCCCCC/C=C\C[C@H](COCC1COC(C)(C)O1)OC. The van der Waals surface area contributed by atoms with Gasteiger partial charge in [-0.15, -0.1) is 0 Å². The Balaban J connectivity index is 1.93. The van der Waals surface area contributed by atoms with Crippen LogP contribution in [0.5, 0.6) is 0 Å². The van der Waals surface area contributed by atoms with Gasteiger partial charge in [0.25, 0.3) is 0 Å². The van der Waals surface area contributed by atoms with Crippen LogP contribution in [0.1, 0.15) is 91.4 Å². The van der Waals surface area contributed by atoms with Crippen molar-refractivity contribution in [3.63, 3.8) is 0 Å². The fourth-order valence-corrected chi connectivity index (χ4v) is 3.35.